The molecule has 1 aliphatic carbocycles. The Morgan fingerprint density at radius 3 is 2.50 bits per heavy atom. The molecule has 0 spiro atoms. The van der Waals surface area contributed by atoms with Gasteiger partial charge < -0.3 is 10.4 Å². The Bertz CT molecular complexity index is 785. The highest BCUT2D eigenvalue weighted by Gasteiger charge is 2.55. The molecule has 8 heteroatoms. The maximum Gasteiger partial charge on any atom is 0.423 e. The van der Waals surface area contributed by atoms with Crippen LogP contribution < -0.4 is 5.32 Å². The third-order valence-corrected chi connectivity index (χ3v) is 4.95. The highest BCUT2D eigenvalue weighted by molar-refractivity contribution is 5.94. The number of halogens is 3. The molecule has 1 unspecified atom stereocenters. The van der Waals surface area contributed by atoms with E-state index < -0.39 is 24.2 Å². The zero-order chi connectivity index (χ0) is 18.9. The minimum Gasteiger partial charge on any atom is -0.375 e. The van der Waals surface area contributed by atoms with Gasteiger partial charge in [-0.3, -0.25) is 9.48 Å². The van der Waals surface area contributed by atoms with E-state index in [2.05, 4.69) is 10.4 Å². The minimum atomic E-state index is -4.94. The number of nitrogens with one attached hydrogen (secondary N) is 1. The molecular weight excluding hydrogens is 347 g/mol. The number of hydrogen-bond donors (Lipinski definition) is 2. The Hall–Kier alpha value is -2.35. The van der Waals surface area contributed by atoms with Crippen molar-refractivity contribution in [1.82, 2.24) is 15.1 Å². The van der Waals surface area contributed by atoms with Gasteiger partial charge >= 0.3 is 6.18 Å². The van der Waals surface area contributed by atoms with E-state index in [1.165, 1.54) is 28.9 Å². The summed E-state index contributed by atoms with van der Waals surface area (Å²) in [5, 5.41) is 16.6. The van der Waals surface area contributed by atoms with Crippen molar-refractivity contribution >= 4 is 5.91 Å². The second kappa shape index (κ2) is 6.75. The highest BCUT2D eigenvalue weighted by Crippen LogP contribution is 2.39. The Morgan fingerprint density at radius 2 is 1.96 bits per heavy atom. The topological polar surface area (TPSA) is 67.2 Å². The number of carbonyl (C=O) groups is 1. The van der Waals surface area contributed by atoms with E-state index in [0.29, 0.717) is 0 Å². The van der Waals surface area contributed by atoms with Crippen molar-refractivity contribution in [3.05, 3.63) is 53.3 Å². The van der Waals surface area contributed by atoms with Crippen LogP contribution in [0.1, 0.15) is 46.8 Å². The summed E-state index contributed by atoms with van der Waals surface area (Å²) in [4.78, 5) is 12.5. The number of aromatic nitrogens is 2. The summed E-state index contributed by atoms with van der Waals surface area (Å²) >= 11 is 0. The van der Waals surface area contributed by atoms with Gasteiger partial charge in [0.1, 0.15) is 5.69 Å². The minimum absolute atomic E-state index is 0.208. The molecule has 0 saturated heterocycles. The van der Waals surface area contributed by atoms with Gasteiger partial charge in [-0.1, -0.05) is 36.8 Å². The fourth-order valence-corrected chi connectivity index (χ4v) is 3.12. The molecule has 2 N–H and O–H groups in total. The van der Waals surface area contributed by atoms with Gasteiger partial charge in [0.15, 0.2) is 0 Å². The van der Waals surface area contributed by atoms with Crippen LogP contribution in [0.4, 0.5) is 13.2 Å². The second-order valence-corrected chi connectivity index (χ2v) is 6.61. The van der Waals surface area contributed by atoms with Crippen LogP contribution in [0.3, 0.4) is 0 Å². The van der Waals surface area contributed by atoms with Crippen molar-refractivity contribution < 1.29 is 23.1 Å². The summed E-state index contributed by atoms with van der Waals surface area (Å²) in [7, 11) is 1.57. The molecule has 1 atom stereocenters. The molecule has 1 heterocycles. The average Bonchev–Trinajstić information content (AvgIpc) is 2.91. The van der Waals surface area contributed by atoms with Gasteiger partial charge in [-0.25, -0.2) is 0 Å². The SMILES string of the molecule is Cn1ncc(C2CCC2)c1C(=O)NCC(O)(c1ccccc1)C(F)(F)F. The van der Waals surface area contributed by atoms with Crippen molar-refractivity contribution in [2.45, 2.75) is 37.0 Å². The number of nitrogens with zero attached hydrogens (tertiary/aromatic N) is 2. The molecule has 1 aliphatic rings. The molecular formula is C18H20F3N3O2. The lowest BCUT2D eigenvalue weighted by Gasteiger charge is -2.31. The predicted molar refractivity (Wildman–Crippen MR) is 88.5 cm³/mol. The fraction of sp³-hybridized carbons (Fsp3) is 0.444. The molecule has 1 fully saturated rings. The number of benzene rings is 1. The van der Waals surface area contributed by atoms with Crippen LogP contribution in [0.2, 0.25) is 0 Å². The van der Waals surface area contributed by atoms with Crippen LogP contribution in [0.25, 0.3) is 0 Å². The summed E-state index contributed by atoms with van der Waals surface area (Å²) < 4.78 is 41.9. The monoisotopic (exact) mass is 367 g/mol. The van der Waals surface area contributed by atoms with E-state index in [1.807, 2.05) is 0 Å². The van der Waals surface area contributed by atoms with Crippen molar-refractivity contribution in [3.63, 3.8) is 0 Å². The Balaban J connectivity index is 1.82. The second-order valence-electron chi connectivity index (χ2n) is 6.61. The Morgan fingerprint density at radius 1 is 1.31 bits per heavy atom. The molecule has 1 aromatic carbocycles. The fourth-order valence-electron chi connectivity index (χ4n) is 3.12. The van der Waals surface area contributed by atoms with E-state index in [4.69, 9.17) is 0 Å². The summed E-state index contributed by atoms with van der Waals surface area (Å²) in [5.74, 6) is -0.467. The van der Waals surface area contributed by atoms with Crippen LogP contribution in [0.15, 0.2) is 36.5 Å². The Labute approximate surface area is 148 Å². The highest BCUT2D eigenvalue weighted by atomic mass is 19.4. The van der Waals surface area contributed by atoms with Gasteiger partial charge in [0.2, 0.25) is 5.60 Å². The first-order chi connectivity index (χ1) is 12.2. The van der Waals surface area contributed by atoms with Crippen molar-refractivity contribution in [1.29, 1.82) is 0 Å². The quantitative estimate of drug-likeness (QED) is 0.854. The van der Waals surface area contributed by atoms with Crippen molar-refractivity contribution in [3.8, 4) is 0 Å². The van der Waals surface area contributed by atoms with Crippen LogP contribution in [-0.2, 0) is 12.6 Å². The molecule has 1 saturated carbocycles. The van der Waals surface area contributed by atoms with Gasteiger partial charge in [0.05, 0.1) is 12.7 Å². The maximum absolute atomic E-state index is 13.5. The molecule has 0 bridgehead atoms. The van der Waals surface area contributed by atoms with Gasteiger partial charge in [-0.2, -0.15) is 18.3 Å². The number of carbonyl (C=O) groups excluding carboxylic acids is 1. The zero-order valence-electron chi connectivity index (χ0n) is 14.3. The smallest absolute Gasteiger partial charge is 0.375 e. The number of aryl methyl sites for hydroxylation is 1. The van der Waals surface area contributed by atoms with E-state index in [-0.39, 0.29) is 17.2 Å². The van der Waals surface area contributed by atoms with Crippen molar-refractivity contribution in [2.75, 3.05) is 6.54 Å². The lowest BCUT2D eigenvalue weighted by molar-refractivity contribution is -0.263. The third-order valence-electron chi connectivity index (χ3n) is 4.95. The zero-order valence-corrected chi connectivity index (χ0v) is 14.3. The predicted octanol–water partition coefficient (Wildman–Crippen LogP) is 2.87. The summed E-state index contributed by atoms with van der Waals surface area (Å²) in [5.41, 5.74) is -2.50. The molecule has 1 aromatic heterocycles. The van der Waals surface area contributed by atoms with Crippen molar-refractivity contribution in [2.24, 2.45) is 7.05 Å². The number of amides is 1. The van der Waals surface area contributed by atoms with E-state index in [9.17, 15) is 23.1 Å². The molecule has 26 heavy (non-hydrogen) atoms. The lowest BCUT2D eigenvalue weighted by Crippen LogP contribution is -2.51. The normalized spacial score (nSPS) is 17.4. The molecule has 0 aliphatic heterocycles. The Kier molecular flexibility index (Phi) is 4.79. The largest absolute Gasteiger partial charge is 0.423 e. The molecule has 5 nitrogen and oxygen atoms in total. The summed E-state index contributed by atoms with van der Waals surface area (Å²) in [6.45, 7) is -0.978. The van der Waals surface area contributed by atoms with Crippen LogP contribution >= 0.6 is 0 Å². The first-order valence-corrected chi connectivity index (χ1v) is 8.39. The van der Waals surface area contributed by atoms with E-state index in [1.54, 1.807) is 19.3 Å². The molecule has 2 aromatic rings. The van der Waals surface area contributed by atoms with E-state index >= 15 is 0 Å². The van der Waals surface area contributed by atoms with Crippen LogP contribution in [0.5, 0.6) is 0 Å². The molecule has 140 valence electrons. The number of rotatable bonds is 5. The average molecular weight is 367 g/mol. The van der Waals surface area contributed by atoms with Gasteiger partial charge in [-0.15, -0.1) is 0 Å². The summed E-state index contributed by atoms with van der Waals surface area (Å²) in [6, 6.07) is 6.74. The summed E-state index contributed by atoms with van der Waals surface area (Å²) in [6.07, 6.45) is -0.426. The van der Waals surface area contributed by atoms with Gasteiger partial charge in [0.25, 0.3) is 5.91 Å². The van der Waals surface area contributed by atoms with E-state index in [0.717, 1.165) is 24.8 Å². The van der Waals surface area contributed by atoms with Crippen LogP contribution in [-0.4, -0.2) is 33.5 Å². The number of hydrogen-bond acceptors (Lipinski definition) is 3. The number of alkyl halides is 3. The molecule has 0 radical (unpaired) electrons. The van der Waals surface area contributed by atoms with Gasteiger partial charge in [-0.05, 0) is 24.3 Å². The first kappa shape index (κ1) is 18.4. The standard InChI is InChI=1S/C18H20F3N3O2/c1-24-15(14(10-23-24)12-6-5-7-12)16(25)22-11-17(26,18(19,20)21)13-8-3-2-4-9-13/h2-4,8-10,12,26H,5-7,11H2,1H3,(H,22,25). The molecule has 1 amide bonds. The van der Waals surface area contributed by atoms with Crippen LogP contribution in [0, 0.1) is 0 Å². The van der Waals surface area contributed by atoms with Gasteiger partial charge in [0, 0.05) is 12.6 Å². The lowest BCUT2D eigenvalue weighted by atomic mass is 9.80. The number of aliphatic hydroxyl groups is 1. The third kappa shape index (κ3) is 3.21. The first-order valence-electron chi connectivity index (χ1n) is 8.39. The maximum atomic E-state index is 13.5. The molecule has 3 rings (SSSR count).